The number of anilines is 2. The molecule has 0 aromatic carbocycles. The molecule has 0 radical (unpaired) electrons. The second-order valence-electron chi connectivity index (χ2n) is 4.55. The Morgan fingerprint density at radius 1 is 1.50 bits per heavy atom. The lowest BCUT2D eigenvalue weighted by Gasteiger charge is -2.18. The smallest absolute Gasteiger partial charge is 0.415 e. The fourth-order valence-corrected chi connectivity index (χ4v) is 2.91. The summed E-state index contributed by atoms with van der Waals surface area (Å²) in [6.45, 7) is 0.902. The van der Waals surface area contributed by atoms with E-state index in [1.807, 2.05) is 6.07 Å². The molecule has 2 aliphatic heterocycles. The van der Waals surface area contributed by atoms with E-state index in [9.17, 15) is 9.59 Å². The molecule has 1 unspecified atom stereocenters. The molecule has 1 aromatic heterocycles. The van der Waals surface area contributed by atoms with Gasteiger partial charge in [-0.1, -0.05) is 0 Å². The summed E-state index contributed by atoms with van der Waals surface area (Å²) in [4.78, 5) is 29.9. The Kier molecular flexibility index (Phi) is 3.49. The van der Waals surface area contributed by atoms with Gasteiger partial charge in [-0.15, -0.1) is 11.8 Å². The molecule has 7 nitrogen and oxygen atoms in total. The number of carbonyl (C=O) groups is 2. The number of rotatable bonds is 3. The molecule has 3 N–H and O–H groups in total. The fourth-order valence-electron chi connectivity index (χ4n) is 2.15. The SMILES string of the molecule is NCCC1CN(c2ccc3c(n2)NC(=O)CS3)C(=O)O1. The second-order valence-corrected chi connectivity index (χ2v) is 5.56. The highest BCUT2D eigenvalue weighted by molar-refractivity contribution is 8.00. The third-order valence-corrected chi connectivity index (χ3v) is 4.15. The van der Waals surface area contributed by atoms with Crippen molar-refractivity contribution in [1.29, 1.82) is 0 Å². The van der Waals surface area contributed by atoms with Gasteiger partial charge in [0.05, 0.1) is 17.2 Å². The van der Waals surface area contributed by atoms with Crippen molar-refractivity contribution in [3.63, 3.8) is 0 Å². The summed E-state index contributed by atoms with van der Waals surface area (Å²) in [5, 5.41) is 2.71. The minimum Gasteiger partial charge on any atom is -0.444 e. The van der Waals surface area contributed by atoms with Crippen LogP contribution in [0.4, 0.5) is 16.4 Å². The number of amides is 2. The Balaban J connectivity index is 1.82. The van der Waals surface area contributed by atoms with Gasteiger partial charge in [0.25, 0.3) is 0 Å². The van der Waals surface area contributed by atoms with E-state index in [-0.39, 0.29) is 12.0 Å². The van der Waals surface area contributed by atoms with Crippen LogP contribution in [-0.4, -0.2) is 41.9 Å². The van der Waals surface area contributed by atoms with Crippen LogP contribution in [0.15, 0.2) is 17.0 Å². The minimum absolute atomic E-state index is 0.0860. The quantitative estimate of drug-likeness (QED) is 0.855. The third kappa shape index (κ3) is 2.44. The number of aromatic nitrogens is 1. The number of carbonyl (C=O) groups excluding carboxylic acids is 2. The molecule has 1 fully saturated rings. The molecule has 2 aliphatic rings. The molecule has 8 heteroatoms. The third-order valence-electron chi connectivity index (χ3n) is 3.10. The van der Waals surface area contributed by atoms with Crippen LogP contribution in [0.3, 0.4) is 0 Å². The molecule has 3 rings (SSSR count). The van der Waals surface area contributed by atoms with Crippen LogP contribution >= 0.6 is 11.8 Å². The van der Waals surface area contributed by atoms with E-state index in [4.69, 9.17) is 10.5 Å². The van der Waals surface area contributed by atoms with Crippen molar-refractivity contribution in [2.45, 2.75) is 17.4 Å². The predicted molar refractivity (Wildman–Crippen MR) is 74.9 cm³/mol. The largest absolute Gasteiger partial charge is 0.444 e. The Morgan fingerprint density at radius 3 is 3.15 bits per heavy atom. The van der Waals surface area contributed by atoms with E-state index in [0.29, 0.717) is 36.9 Å². The highest BCUT2D eigenvalue weighted by Gasteiger charge is 2.33. The lowest BCUT2D eigenvalue weighted by molar-refractivity contribution is -0.113. The Labute approximate surface area is 119 Å². The Hall–Kier alpha value is -1.80. The zero-order chi connectivity index (χ0) is 14.1. The summed E-state index contributed by atoms with van der Waals surface area (Å²) >= 11 is 1.43. The number of nitrogens with two attached hydrogens (primary N) is 1. The van der Waals surface area contributed by atoms with Gasteiger partial charge < -0.3 is 15.8 Å². The molecular weight excluding hydrogens is 280 g/mol. The second kappa shape index (κ2) is 5.29. The average Bonchev–Trinajstić information content (AvgIpc) is 2.79. The highest BCUT2D eigenvalue weighted by Crippen LogP contribution is 2.32. The van der Waals surface area contributed by atoms with Crippen LogP contribution in [0.25, 0.3) is 0 Å². The van der Waals surface area contributed by atoms with E-state index in [1.54, 1.807) is 6.07 Å². The molecular formula is C12H14N4O3S. The zero-order valence-corrected chi connectivity index (χ0v) is 11.5. The van der Waals surface area contributed by atoms with Crippen molar-refractivity contribution in [3.05, 3.63) is 12.1 Å². The molecule has 1 saturated heterocycles. The van der Waals surface area contributed by atoms with Gasteiger partial charge in [0.1, 0.15) is 17.7 Å². The lowest BCUT2D eigenvalue weighted by Crippen LogP contribution is -2.27. The maximum absolute atomic E-state index is 11.8. The van der Waals surface area contributed by atoms with Gasteiger partial charge in [0.15, 0.2) is 0 Å². The van der Waals surface area contributed by atoms with Crippen molar-refractivity contribution in [3.8, 4) is 0 Å². The van der Waals surface area contributed by atoms with Gasteiger partial charge in [0.2, 0.25) is 5.91 Å². The summed E-state index contributed by atoms with van der Waals surface area (Å²) in [5.41, 5.74) is 5.47. The monoisotopic (exact) mass is 294 g/mol. The summed E-state index contributed by atoms with van der Waals surface area (Å²) in [7, 11) is 0. The van der Waals surface area contributed by atoms with Crippen LogP contribution in [0.2, 0.25) is 0 Å². The molecule has 0 saturated carbocycles. The first-order chi connectivity index (χ1) is 9.67. The minimum atomic E-state index is -0.425. The fraction of sp³-hybridized carbons (Fsp3) is 0.417. The molecule has 0 aliphatic carbocycles. The number of nitrogens with zero attached hydrogens (tertiary/aromatic N) is 2. The number of thioether (sulfide) groups is 1. The average molecular weight is 294 g/mol. The number of fused-ring (bicyclic) bond motifs is 1. The van der Waals surface area contributed by atoms with Crippen molar-refractivity contribution < 1.29 is 14.3 Å². The van der Waals surface area contributed by atoms with E-state index in [2.05, 4.69) is 10.3 Å². The molecule has 3 heterocycles. The summed E-state index contributed by atoms with van der Waals surface area (Å²) in [6, 6.07) is 3.61. The van der Waals surface area contributed by atoms with Crippen LogP contribution in [0.1, 0.15) is 6.42 Å². The van der Waals surface area contributed by atoms with Gasteiger partial charge in [0, 0.05) is 0 Å². The number of cyclic esters (lactones) is 1. The van der Waals surface area contributed by atoms with Crippen LogP contribution in [0.5, 0.6) is 0 Å². The van der Waals surface area contributed by atoms with Gasteiger partial charge >= 0.3 is 6.09 Å². The van der Waals surface area contributed by atoms with Crippen LogP contribution < -0.4 is 16.0 Å². The molecule has 0 bridgehead atoms. The number of hydrogen-bond acceptors (Lipinski definition) is 6. The molecule has 20 heavy (non-hydrogen) atoms. The van der Waals surface area contributed by atoms with Gasteiger partial charge in [-0.05, 0) is 25.1 Å². The maximum Gasteiger partial charge on any atom is 0.415 e. The number of nitrogens with one attached hydrogen (secondary N) is 1. The summed E-state index contributed by atoms with van der Waals surface area (Å²) in [6.07, 6.45) is -0.000241. The van der Waals surface area contributed by atoms with Crippen LogP contribution in [-0.2, 0) is 9.53 Å². The molecule has 2 amide bonds. The van der Waals surface area contributed by atoms with E-state index < -0.39 is 6.09 Å². The Bertz CT molecular complexity index is 566. The number of hydrogen-bond donors (Lipinski definition) is 2. The van der Waals surface area contributed by atoms with Gasteiger partial charge in [-0.3, -0.25) is 9.69 Å². The van der Waals surface area contributed by atoms with Crippen LogP contribution in [0, 0.1) is 0 Å². The van der Waals surface area contributed by atoms with E-state index in [0.717, 1.165) is 4.90 Å². The summed E-state index contributed by atoms with van der Waals surface area (Å²) < 4.78 is 5.21. The first-order valence-electron chi connectivity index (χ1n) is 6.29. The van der Waals surface area contributed by atoms with Crippen molar-refractivity contribution in [2.75, 3.05) is 29.1 Å². The van der Waals surface area contributed by atoms with Gasteiger partial charge in [-0.2, -0.15) is 0 Å². The first-order valence-corrected chi connectivity index (χ1v) is 7.28. The standard InChI is InChI=1S/C12H14N4O3S/c13-4-3-7-5-16(12(18)19-7)9-2-1-8-11(14-9)15-10(17)6-20-8/h1-2,7H,3-6,13H2,(H,14,15,17). The highest BCUT2D eigenvalue weighted by atomic mass is 32.2. The normalized spacial score (nSPS) is 21.4. The van der Waals surface area contributed by atoms with Crippen molar-refractivity contribution in [1.82, 2.24) is 4.98 Å². The topological polar surface area (TPSA) is 97.5 Å². The Morgan fingerprint density at radius 2 is 2.35 bits per heavy atom. The van der Waals surface area contributed by atoms with Crippen molar-refractivity contribution in [2.24, 2.45) is 5.73 Å². The van der Waals surface area contributed by atoms with E-state index >= 15 is 0 Å². The predicted octanol–water partition coefficient (Wildman–Crippen LogP) is 0.800. The molecule has 0 spiro atoms. The lowest BCUT2D eigenvalue weighted by atomic mass is 10.2. The molecule has 1 aromatic rings. The first kappa shape index (κ1) is 13.2. The summed E-state index contributed by atoms with van der Waals surface area (Å²) in [5.74, 6) is 1.28. The van der Waals surface area contributed by atoms with Crippen molar-refractivity contribution >= 4 is 35.4 Å². The molecule has 1 atom stereocenters. The molecule has 106 valence electrons. The zero-order valence-electron chi connectivity index (χ0n) is 10.7. The number of pyridine rings is 1. The van der Waals surface area contributed by atoms with Gasteiger partial charge in [-0.25, -0.2) is 9.78 Å². The number of ether oxygens (including phenoxy) is 1. The maximum atomic E-state index is 11.8. The van der Waals surface area contributed by atoms with E-state index in [1.165, 1.54) is 16.7 Å².